The molecule has 4 aromatic rings. The monoisotopic (exact) mass is 507 g/mol. The summed E-state index contributed by atoms with van der Waals surface area (Å²) in [6.07, 6.45) is 1.57. The number of nitriles is 1. The lowest BCUT2D eigenvalue weighted by Gasteiger charge is -2.33. The van der Waals surface area contributed by atoms with Crippen molar-refractivity contribution < 1.29 is 24.2 Å². The van der Waals surface area contributed by atoms with Crippen LogP contribution in [-0.2, 0) is 14.3 Å². The van der Waals surface area contributed by atoms with Gasteiger partial charge in [0.05, 0.1) is 47.5 Å². The summed E-state index contributed by atoms with van der Waals surface area (Å²) in [5.74, 6) is -1.53. The van der Waals surface area contributed by atoms with E-state index in [-0.39, 0.29) is 24.8 Å². The highest BCUT2D eigenvalue weighted by Crippen LogP contribution is 2.62. The molecule has 0 radical (unpaired) electrons. The van der Waals surface area contributed by atoms with E-state index in [9.17, 15) is 20.0 Å². The van der Waals surface area contributed by atoms with Gasteiger partial charge in [-0.3, -0.25) is 9.59 Å². The summed E-state index contributed by atoms with van der Waals surface area (Å²) >= 11 is 0. The molecule has 2 bridgehead atoms. The maximum atomic E-state index is 14.0. The number of amides is 2. The maximum absolute atomic E-state index is 14.0. The summed E-state index contributed by atoms with van der Waals surface area (Å²) in [5, 5.41) is 22.9. The van der Waals surface area contributed by atoms with Gasteiger partial charge in [0.15, 0.2) is 0 Å². The Morgan fingerprint density at radius 1 is 1.05 bits per heavy atom. The number of nitrogens with zero attached hydrogens (tertiary/aromatic N) is 2. The number of carbonyl (C=O) groups is 2. The summed E-state index contributed by atoms with van der Waals surface area (Å²) in [4.78, 5) is 32.4. The Bertz CT molecular complexity index is 1690. The molecule has 190 valence electrons. The summed E-state index contributed by atoms with van der Waals surface area (Å²) in [6, 6.07) is 20.5. The van der Waals surface area contributed by atoms with Crippen molar-refractivity contribution in [1.29, 1.82) is 5.26 Å². The first-order valence-corrected chi connectivity index (χ1v) is 12.7. The number of carbonyl (C=O) groups excluding carboxylic acids is 2. The SMILES string of the molecule is C[C@]12O[C@](CCOc3cccc4[nH]ccc34)(C[C@@H]1O)[C@H]1C(=O)N(c3ccc(C#N)c4ccccc34)C(=O)[C@H]12. The second-order valence-corrected chi connectivity index (χ2v) is 10.6. The first-order valence-electron chi connectivity index (χ1n) is 12.7. The lowest BCUT2D eigenvalue weighted by molar-refractivity contribution is -0.134. The number of ether oxygens (including phenoxy) is 2. The molecule has 3 aromatic carbocycles. The molecule has 0 aliphatic carbocycles. The minimum Gasteiger partial charge on any atom is -0.493 e. The number of aliphatic hydroxyl groups is 1. The zero-order valence-corrected chi connectivity index (χ0v) is 20.7. The van der Waals surface area contributed by atoms with E-state index in [0.717, 1.165) is 16.7 Å². The smallest absolute Gasteiger partial charge is 0.240 e. The number of aromatic amines is 1. The van der Waals surface area contributed by atoms with Crippen LogP contribution < -0.4 is 9.64 Å². The van der Waals surface area contributed by atoms with Gasteiger partial charge in [-0.2, -0.15) is 5.26 Å². The number of fused-ring (bicyclic) bond motifs is 7. The van der Waals surface area contributed by atoms with E-state index in [0.29, 0.717) is 28.4 Å². The Kier molecular flexibility index (Phi) is 4.78. The molecule has 0 spiro atoms. The van der Waals surface area contributed by atoms with Crippen LogP contribution in [0.25, 0.3) is 21.7 Å². The summed E-state index contributed by atoms with van der Waals surface area (Å²) in [6.45, 7) is 1.99. The van der Waals surface area contributed by atoms with E-state index in [1.54, 1.807) is 19.1 Å². The first kappa shape index (κ1) is 23.0. The molecule has 3 aliphatic heterocycles. The van der Waals surface area contributed by atoms with Crippen molar-refractivity contribution in [3.8, 4) is 11.8 Å². The van der Waals surface area contributed by atoms with Gasteiger partial charge in [-0.1, -0.05) is 30.3 Å². The van der Waals surface area contributed by atoms with Gasteiger partial charge in [0.1, 0.15) is 11.4 Å². The quantitative estimate of drug-likeness (QED) is 0.394. The number of anilines is 1. The summed E-state index contributed by atoms with van der Waals surface area (Å²) in [5.41, 5.74) is -0.305. The average Bonchev–Trinajstić information content (AvgIpc) is 3.63. The molecular formula is C30H25N3O5. The molecule has 8 heteroatoms. The van der Waals surface area contributed by atoms with Crippen LogP contribution in [0.3, 0.4) is 0 Å². The van der Waals surface area contributed by atoms with Crippen molar-refractivity contribution in [2.75, 3.05) is 11.5 Å². The fraction of sp³-hybridized carbons (Fsp3) is 0.300. The highest BCUT2D eigenvalue weighted by Gasteiger charge is 2.77. The number of benzene rings is 3. The van der Waals surface area contributed by atoms with Crippen molar-refractivity contribution in [2.45, 2.75) is 37.1 Å². The zero-order valence-electron chi connectivity index (χ0n) is 20.7. The highest BCUT2D eigenvalue weighted by atomic mass is 16.6. The fourth-order valence-electron chi connectivity index (χ4n) is 6.95. The van der Waals surface area contributed by atoms with Crippen LogP contribution in [0.4, 0.5) is 5.69 Å². The highest BCUT2D eigenvalue weighted by molar-refractivity contribution is 6.26. The van der Waals surface area contributed by atoms with Crippen LogP contribution in [0.2, 0.25) is 0 Å². The largest absolute Gasteiger partial charge is 0.493 e. The third kappa shape index (κ3) is 2.91. The maximum Gasteiger partial charge on any atom is 0.240 e. The van der Waals surface area contributed by atoms with Crippen LogP contribution in [0.1, 0.15) is 25.3 Å². The van der Waals surface area contributed by atoms with E-state index >= 15 is 0 Å². The van der Waals surface area contributed by atoms with E-state index < -0.39 is 29.1 Å². The van der Waals surface area contributed by atoms with Gasteiger partial charge in [0, 0.05) is 40.7 Å². The molecule has 7 rings (SSSR count). The van der Waals surface area contributed by atoms with Crippen LogP contribution in [0.5, 0.6) is 5.75 Å². The van der Waals surface area contributed by atoms with Crippen molar-refractivity contribution in [3.05, 3.63) is 72.4 Å². The second-order valence-electron chi connectivity index (χ2n) is 10.6. The fourth-order valence-corrected chi connectivity index (χ4v) is 6.95. The number of nitrogens with one attached hydrogen (secondary N) is 1. The minimum absolute atomic E-state index is 0.253. The van der Waals surface area contributed by atoms with Crippen molar-refractivity contribution in [3.63, 3.8) is 0 Å². The van der Waals surface area contributed by atoms with Gasteiger partial charge < -0.3 is 19.6 Å². The Labute approximate surface area is 218 Å². The predicted octanol–water partition coefficient (Wildman–Crippen LogP) is 4.06. The van der Waals surface area contributed by atoms with Crippen LogP contribution in [0, 0.1) is 23.2 Å². The van der Waals surface area contributed by atoms with Gasteiger partial charge in [-0.05, 0) is 37.3 Å². The molecule has 0 saturated carbocycles. The third-order valence-corrected chi connectivity index (χ3v) is 8.71. The van der Waals surface area contributed by atoms with Gasteiger partial charge in [0.25, 0.3) is 0 Å². The third-order valence-electron chi connectivity index (χ3n) is 8.71. The molecule has 2 N–H and O–H groups in total. The molecule has 1 aromatic heterocycles. The number of aromatic nitrogens is 1. The molecule has 4 heterocycles. The van der Waals surface area contributed by atoms with E-state index in [1.807, 2.05) is 54.7 Å². The lowest BCUT2D eigenvalue weighted by Crippen LogP contribution is -2.49. The summed E-state index contributed by atoms with van der Waals surface area (Å²) in [7, 11) is 0. The van der Waals surface area contributed by atoms with Gasteiger partial charge in [-0.15, -0.1) is 0 Å². The van der Waals surface area contributed by atoms with Crippen LogP contribution >= 0.6 is 0 Å². The minimum atomic E-state index is -1.17. The Hall–Kier alpha value is -4.19. The van der Waals surface area contributed by atoms with E-state index in [4.69, 9.17) is 9.47 Å². The molecule has 3 aliphatic rings. The molecule has 0 unspecified atom stereocenters. The predicted molar refractivity (Wildman–Crippen MR) is 139 cm³/mol. The molecule has 38 heavy (non-hydrogen) atoms. The van der Waals surface area contributed by atoms with Crippen molar-refractivity contribution >= 4 is 39.2 Å². The summed E-state index contributed by atoms with van der Waals surface area (Å²) < 4.78 is 12.6. The normalized spacial score (nSPS) is 29.8. The molecule has 2 amide bonds. The Morgan fingerprint density at radius 3 is 2.66 bits per heavy atom. The van der Waals surface area contributed by atoms with Crippen molar-refractivity contribution in [2.24, 2.45) is 11.8 Å². The number of rotatable bonds is 5. The zero-order chi connectivity index (χ0) is 26.2. The van der Waals surface area contributed by atoms with E-state index in [2.05, 4.69) is 11.1 Å². The number of hydrogen-bond acceptors (Lipinski definition) is 6. The van der Waals surface area contributed by atoms with Crippen LogP contribution in [-0.4, -0.2) is 45.8 Å². The van der Waals surface area contributed by atoms with Gasteiger partial charge in [0.2, 0.25) is 11.8 Å². The molecular weight excluding hydrogens is 482 g/mol. The van der Waals surface area contributed by atoms with E-state index in [1.165, 1.54) is 4.90 Å². The van der Waals surface area contributed by atoms with Crippen molar-refractivity contribution in [1.82, 2.24) is 4.98 Å². The molecule has 5 atom stereocenters. The lowest BCUT2D eigenvalue weighted by atomic mass is 9.66. The topological polar surface area (TPSA) is 116 Å². The number of H-pyrrole nitrogens is 1. The molecule has 3 saturated heterocycles. The molecule has 8 nitrogen and oxygen atoms in total. The Balaban J connectivity index is 1.24. The van der Waals surface area contributed by atoms with Crippen LogP contribution in [0.15, 0.2) is 66.9 Å². The standard InChI is InChI=1S/C30H25N3O5/c1-29-24(34)15-30(38-29,12-14-37-23-8-4-7-21-20(23)11-13-32-21)26-25(29)27(35)33(28(26)36)22-10-9-17(16-31)18-5-2-3-6-19(18)22/h2-11,13,24-26,32,34H,12,14-15H2,1H3/t24-,25-,26+,29-,30+/m0/s1. The van der Waals surface area contributed by atoms with Gasteiger partial charge in [-0.25, -0.2) is 4.90 Å². The number of imide groups is 1. The Morgan fingerprint density at radius 2 is 1.84 bits per heavy atom. The number of aliphatic hydroxyl groups excluding tert-OH is 1. The molecule has 3 fully saturated rings. The average molecular weight is 508 g/mol. The second kappa shape index (κ2) is 7.90. The number of hydrogen-bond donors (Lipinski definition) is 2. The first-order chi connectivity index (χ1) is 18.4. The van der Waals surface area contributed by atoms with Gasteiger partial charge >= 0.3 is 0 Å².